The van der Waals surface area contributed by atoms with Crippen LogP contribution in [-0.4, -0.2) is 52.7 Å². The van der Waals surface area contributed by atoms with Crippen molar-refractivity contribution in [1.82, 2.24) is 19.9 Å². The Labute approximate surface area is 145 Å². The molecule has 0 aliphatic carbocycles. The van der Waals surface area contributed by atoms with Gasteiger partial charge in [-0.05, 0) is 25.0 Å². The Morgan fingerprint density at radius 1 is 1.24 bits per heavy atom. The molecule has 1 N–H and O–H groups in total. The first-order valence-corrected chi connectivity index (χ1v) is 8.16. The van der Waals surface area contributed by atoms with Gasteiger partial charge in [-0.15, -0.1) is 0 Å². The molecule has 3 rings (SSSR count). The van der Waals surface area contributed by atoms with Gasteiger partial charge in [-0.1, -0.05) is 0 Å². The van der Waals surface area contributed by atoms with Crippen molar-refractivity contribution in [1.29, 1.82) is 0 Å². The summed E-state index contributed by atoms with van der Waals surface area (Å²) in [5.41, 5.74) is 0.484. The number of amides is 1. The predicted molar refractivity (Wildman–Crippen MR) is 91.5 cm³/mol. The molecule has 0 bridgehead atoms. The monoisotopic (exact) mass is 343 g/mol. The zero-order chi connectivity index (χ0) is 17.8. The Balaban J connectivity index is 1.58. The van der Waals surface area contributed by atoms with Crippen molar-refractivity contribution in [3.63, 3.8) is 0 Å². The summed E-state index contributed by atoms with van der Waals surface area (Å²) in [6, 6.07) is 3.47. The first-order valence-electron chi connectivity index (χ1n) is 8.16. The molecule has 8 nitrogen and oxygen atoms in total. The maximum atomic E-state index is 12.2. The SMILES string of the molecule is COC(=O)c1ccnc(N2CCC(NC(=O)c3nccn3C)CC2)c1. The van der Waals surface area contributed by atoms with Gasteiger partial charge in [0.1, 0.15) is 5.82 Å². The number of hydrogen-bond donors (Lipinski definition) is 1. The van der Waals surface area contributed by atoms with Gasteiger partial charge in [0.2, 0.25) is 0 Å². The highest BCUT2D eigenvalue weighted by atomic mass is 16.5. The summed E-state index contributed by atoms with van der Waals surface area (Å²) < 4.78 is 6.44. The molecule has 0 radical (unpaired) electrons. The quantitative estimate of drug-likeness (QED) is 0.833. The summed E-state index contributed by atoms with van der Waals surface area (Å²) in [6.07, 6.45) is 6.58. The highest BCUT2D eigenvalue weighted by Crippen LogP contribution is 2.19. The summed E-state index contributed by atoms with van der Waals surface area (Å²) >= 11 is 0. The number of carbonyl (C=O) groups excluding carboxylic acids is 2. The molecular formula is C17H21N5O3. The Morgan fingerprint density at radius 2 is 2.00 bits per heavy atom. The van der Waals surface area contributed by atoms with Crippen LogP contribution in [0.1, 0.15) is 33.8 Å². The van der Waals surface area contributed by atoms with Crippen molar-refractivity contribution in [2.24, 2.45) is 7.05 Å². The van der Waals surface area contributed by atoms with Gasteiger partial charge >= 0.3 is 5.97 Å². The Bertz CT molecular complexity index is 765. The summed E-state index contributed by atoms with van der Waals surface area (Å²) in [5, 5.41) is 3.03. The van der Waals surface area contributed by atoms with Crippen LogP contribution in [0, 0.1) is 0 Å². The number of ether oxygens (including phenoxy) is 1. The van der Waals surface area contributed by atoms with Crippen LogP contribution >= 0.6 is 0 Å². The number of carbonyl (C=O) groups is 2. The fourth-order valence-electron chi connectivity index (χ4n) is 2.92. The number of imidazole rings is 1. The third kappa shape index (κ3) is 3.78. The minimum atomic E-state index is -0.374. The van der Waals surface area contributed by atoms with Crippen LogP contribution in [-0.2, 0) is 11.8 Å². The molecular weight excluding hydrogens is 322 g/mol. The molecule has 1 saturated heterocycles. The van der Waals surface area contributed by atoms with Crippen molar-refractivity contribution in [3.05, 3.63) is 42.1 Å². The van der Waals surface area contributed by atoms with Crippen molar-refractivity contribution < 1.29 is 14.3 Å². The van der Waals surface area contributed by atoms with Crippen LogP contribution in [0.15, 0.2) is 30.7 Å². The molecule has 1 aliphatic rings. The largest absolute Gasteiger partial charge is 0.465 e. The van der Waals surface area contributed by atoms with Gasteiger partial charge in [-0.3, -0.25) is 4.79 Å². The third-order valence-electron chi connectivity index (χ3n) is 4.35. The van der Waals surface area contributed by atoms with E-state index in [-0.39, 0.29) is 17.9 Å². The van der Waals surface area contributed by atoms with Crippen LogP contribution in [0.25, 0.3) is 0 Å². The first kappa shape index (κ1) is 16.9. The molecule has 1 amide bonds. The lowest BCUT2D eigenvalue weighted by atomic mass is 10.0. The minimum Gasteiger partial charge on any atom is -0.465 e. The normalized spacial score (nSPS) is 15.0. The summed E-state index contributed by atoms with van der Waals surface area (Å²) in [4.78, 5) is 34.4. The van der Waals surface area contributed by atoms with Gasteiger partial charge in [-0.25, -0.2) is 14.8 Å². The van der Waals surface area contributed by atoms with E-state index in [9.17, 15) is 9.59 Å². The molecule has 2 aromatic heterocycles. The Kier molecular flexibility index (Phi) is 4.97. The zero-order valence-corrected chi connectivity index (χ0v) is 14.3. The predicted octanol–water partition coefficient (Wildman–Crippen LogP) is 1.00. The Morgan fingerprint density at radius 3 is 2.64 bits per heavy atom. The van der Waals surface area contributed by atoms with Gasteiger partial charge in [0.25, 0.3) is 5.91 Å². The topological polar surface area (TPSA) is 89.3 Å². The average Bonchev–Trinajstić information content (AvgIpc) is 3.08. The summed E-state index contributed by atoms with van der Waals surface area (Å²) in [6.45, 7) is 1.51. The second kappa shape index (κ2) is 7.33. The number of aryl methyl sites for hydroxylation is 1. The number of aromatic nitrogens is 3. The highest BCUT2D eigenvalue weighted by Gasteiger charge is 2.23. The maximum absolute atomic E-state index is 12.2. The second-order valence-electron chi connectivity index (χ2n) is 5.99. The molecule has 0 saturated carbocycles. The van der Waals surface area contributed by atoms with E-state index < -0.39 is 0 Å². The smallest absolute Gasteiger partial charge is 0.338 e. The number of nitrogens with zero attached hydrogens (tertiary/aromatic N) is 4. The highest BCUT2D eigenvalue weighted by molar-refractivity contribution is 5.91. The van der Waals surface area contributed by atoms with E-state index in [4.69, 9.17) is 4.74 Å². The number of methoxy groups -OCH3 is 1. The molecule has 0 atom stereocenters. The number of hydrogen-bond acceptors (Lipinski definition) is 6. The number of esters is 1. The van der Waals surface area contributed by atoms with Gasteiger partial charge in [-0.2, -0.15) is 0 Å². The molecule has 3 heterocycles. The third-order valence-corrected chi connectivity index (χ3v) is 4.35. The van der Waals surface area contributed by atoms with Crippen LogP contribution < -0.4 is 10.2 Å². The molecule has 0 spiro atoms. The van der Waals surface area contributed by atoms with E-state index in [0.717, 1.165) is 31.7 Å². The summed E-state index contributed by atoms with van der Waals surface area (Å²) in [7, 11) is 3.16. The number of anilines is 1. The maximum Gasteiger partial charge on any atom is 0.338 e. The summed E-state index contributed by atoms with van der Waals surface area (Å²) in [5.74, 6) is 0.629. The van der Waals surface area contributed by atoms with E-state index in [2.05, 4.69) is 20.2 Å². The molecule has 132 valence electrons. The van der Waals surface area contributed by atoms with Crippen LogP contribution in [0.5, 0.6) is 0 Å². The number of rotatable bonds is 4. The van der Waals surface area contributed by atoms with Crippen LogP contribution in [0.2, 0.25) is 0 Å². The molecule has 8 heteroatoms. The van der Waals surface area contributed by atoms with Gasteiger partial charge in [0.15, 0.2) is 5.82 Å². The van der Waals surface area contributed by atoms with E-state index in [0.29, 0.717) is 11.4 Å². The zero-order valence-electron chi connectivity index (χ0n) is 14.3. The lowest BCUT2D eigenvalue weighted by Gasteiger charge is -2.33. The van der Waals surface area contributed by atoms with Crippen molar-refractivity contribution in [2.45, 2.75) is 18.9 Å². The molecule has 0 unspecified atom stereocenters. The fraction of sp³-hybridized carbons (Fsp3) is 0.412. The van der Waals surface area contributed by atoms with Gasteiger partial charge in [0.05, 0.1) is 12.7 Å². The molecule has 0 aromatic carbocycles. The molecule has 25 heavy (non-hydrogen) atoms. The van der Waals surface area contributed by atoms with Crippen molar-refractivity contribution in [2.75, 3.05) is 25.1 Å². The fourth-order valence-corrected chi connectivity index (χ4v) is 2.92. The molecule has 1 aliphatic heterocycles. The van der Waals surface area contributed by atoms with Crippen molar-refractivity contribution >= 4 is 17.7 Å². The lowest BCUT2D eigenvalue weighted by Crippen LogP contribution is -2.45. The number of piperidine rings is 1. The Hall–Kier alpha value is -2.90. The van der Waals surface area contributed by atoms with Gasteiger partial charge < -0.3 is 19.5 Å². The van der Waals surface area contributed by atoms with E-state index >= 15 is 0 Å². The molecule has 2 aromatic rings. The number of nitrogens with one attached hydrogen (secondary N) is 1. The minimum absolute atomic E-state index is 0.101. The average molecular weight is 343 g/mol. The van der Waals surface area contributed by atoms with Crippen LogP contribution in [0.3, 0.4) is 0 Å². The van der Waals surface area contributed by atoms with Crippen molar-refractivity contribution in [3.8, 4) is 0 Å². The van der Waals surface area contributed by atoms with Crippen LogP contribution in [0.4, 0.5) is 5.82 Å². The molecule has 1 fully saturated rings. The number of pyridine rings is 1. The second-order valence-corrected chi connectivity index (χ2v) is 5.99. The van der Waals surface area contributed by atoms with Gasteiger partial charge in [0, 0.05) is 44.8 Å². The first-order chi connectivity index (χ1) is 12.1. The van der Waals surface area contributed by atoms with E-state index in [1.54, 1.807) is 42.3 Å². The van der Waals surface area contributed by atoms with E-state index in [1.807, 2.05) is 0 Å². The van der Waals surface area contributed by atoms with E-state index in [1.165, 1.54) is 7.11 Å². The standard InChI is InChI=1S/C17H21N5O3/c1-21-10-7-19-15(21)16(23)20-13-4-8-22(9-5-13)14-11-12(3-6-18-14)17(24)25-2/h3,6-7,10-11,13H,4-5,8-9H2,1-2H3,(H,20,23). The lowest BCUT2D eigenvalue weighted by molar-refractivity contribution is 0.0600.